The van der Waals surface area contributed by atoms with E-state index in [0.717, 1.165) is 20.5 Å². The smallest absolute Gasteiger partial charge is 0.326 e. The molecule has 1 aromatic rings. The number of carbonyl (C=O) groups excluding carboxylic acids is 4. The number of hydrogen-bond donors (Lipinski definition) is 1. The van der Waals surface area contributed by atoms with E-state index in [1.807, 2.05) is 26.0 Å². The number of fused-ring (bicyclic) bond motifs is 1. The summed E-state index contributed by atoms with van der Waals surface area (Å²) in [5.41, 5.74) is 2.44. The average molecular weight is 609 g/mol. The van der Waals surface area contributed by atoms with Crippen molar-refractivity contribution < 1.29 is 23.9 Å². The minimum Gasteiger partial charge on any atom is -0.454 e. The fraction of sp³-hybridized carbons (Fsp3) is 0.500. The zero-order chi connectivity index (χ0) is 22.2. The van der Waals surface area contributed by atoms with Crippen LogP contribution in [0.25, 0.3) is 0 Å². The molecule has 10 heteroatoms. The molecule has 1 aliphatic carbocycles. The van der Waals surface area contributed by atoms with Gasteiger partial charge in [-0.25, -0.2) is 0 Å². The molecule has 4 atom stereocenters. The van der Waals surface area contributed by atoms with Crippen LogP contribution in [0, 0.1) is 25.7 Å². The van der Waals surface area contributed by atoms with E-state index in [0.29, 0.717) is 18.5 Å². The Kier molecular flexibility index (Phi) is 7.40. The molecule has 2 aliphatic rings. The van der Waals surface area contributed by atoms with Gasteiger partial charge in [-0.2, -0.15) is 0 Å². The number of ether oxygens (including phenoxy) is 1. The maximum absolute atomic E-state index is 12.6. The predicted molar refractivity (Wildman–Crippen MR) is 122 cm³/mol. The van der Waals surface area contributed by atoms with Gasteiger partial charge in [0, 0.05) is 19.8 Å². The molecule has 7 nitrogen and oxygen atoms in total. The van der Waals surface area contributed by atoms with Gasteiger partial charge in [-0.05, 0) is 49.9 Å². The number of imide groups is 1. The van der Waals surface area contributed by atoms with E-state index in [2.05, 4.69) is 53.1 Å². The largest absolute Gasteiger partial charge is 0.454 e. The Hall–Kier alpha value is -1.26. The third kappa shape index (κ3) is 4.96. The SMILES string of the molecule is Cc1cc(NC(=O)COC(=O)CN2C(=O)[C@H]3C[C@H](Br)[C@@H](Br)C[C@H]3C2=O)c(C)cc1Br. The Morgan fingerprint density at radius 1 is 1.07 bits per heavy atom. The molecule has 162 valence electrons. The first kappa shape index (κ1) is 23.4. The molecule has 2 fully saturated rings. The van der Waals surface area contributed by atoms with Gasteiger partial charge in [0.05, 0.1) is 11.8 Å². The number of hydrogen-bond acceptors (Lipinski definition) is 5. The van der Waals surface area contributed by atoms with E-state index in [9.17, 15) is 19.2 Å². The third-order valence-corrected chi connectivity index (χ3v) is 9.02. The summed E-state index contributed by atoms with van der Waals surface area (Å²) in [4.78, 5) is 50.7. The molecule has 0 bridgehead atoms. The van der Waals surface area contributed by atoms with Crippen molar-refractivity contribution in [3.8, 4) is 0 Å². The van der Waals surface area contributed by atoms with Crippen LogP contribution in [0.5, 0.6) is 0 Å². The van der Waals surface area contributed by atoms with Crippen LogP contribution >= 0.6 is 47.8 Å². The van der Waals surface area contributed by atoms with Crippen molar-refractivity contribution in [1.82, 2.24) is 4.90 Å². The van der Waals surface area contributed by atoms with Crippen LogP contribution in [-0.4, -0.2) is 51.4 Å². The lowest BCUT2D eigenvalue weighted by Crippen LogP contribution is -2.37. The van der Waals surface area contributed by atoms with E-state index >= 15 is 0 Å². The molecule has 3 rings (SSSR count). The average Bonchev–Trinajstić information content (AvgIpc) is 2.89. The highest BCUT2D eigenvalue weighted by molar-refractivity contribution is 9.12. The number of benzene rings is 1. The topological polar surface area (TPSA) is 92.8 Å². The van der Waals surface area contributed by atoms with Gasteiger partial charge in [0.2, 0.25) is 11.8 Å². The minimum absolute atomic E-state index is 0.0943. The second-order valence-electron chi connectivity index (χ2n) is 7.60. The summed E-state index contributed by atoms with van der Waals surface area (Å²) >= 11 is 10.5. The normalized spacial score (nSPS) is 25.8. The Bertz CT molecular complexity index is 879. The highest BCUT2D eigenvalue weighted by Crippen LogP contribution is 2.43. The summed E-state index contributed by atoms with van der Waals surface area (Å²) in [6.07, 6.45) is 1.07. The van der Waals surface area contributed by atoms with E-state index in [1.165, 1.54) is 0 Å². The lowest BCUT2D eigenvalue weighted by atomic mass is 9.81. The Balaban J connectivity index is 1.53. The Morgan fingerprint density at radius 2 is 1.63 bits per heavy atom. The van der Waals surface area contributed by atoms with Crippen LogP contribution in [-0.2, 0) is 23.9 Å². The molecule has 0 aromatic heterocycles. The van der Waals surface area contributed by atoms with Crippen molar-refractivity contribution in [2.75, 3.05) is 18.5 Å². The molecule has 1 aliphatic heterocycles. The monoisotopic (exact) mass is 606 g/mol. The summed E-state index contributed by atoms with van der Waals surface area (Å²) < 4.78 is 5.93. The first-order valence-corrected chi connectivity index (χ1v) is 12.1. The Morgan fingerprint density at radius 3 is 2.20 bits per heavy atom. The summed E-state index contributed by atoms with van der Waals surface area (Å²) in [7, 11) is 0. The molecule has 30 heavy (non-hydrogen) atoms. The zero-order valence-electron chi connectivity index (χ0n) is 16.4. The molecule has 0 radical (unpaired) electrons. The van der Waals surface area contributed by atoms with Crippen LogP contribution in [0.3, 0.4) is 0 Å². The van der Waals surface area contributed by atoms with Crippen LogP contribution in [0.15, 0.2) is 16.6 Å². The number of rotatable bonds is 5. The molecule has 1 saturated heterocycles. The standard InChI is InChI=1S/C20H21Br3N2O5/c1-9-4-16(10(2)3-13(9)21)24-17(26)8-30-18(27)7-25-19(28)11-5-14(22)15(23)6-12(11)20(25)29/h3-4,11-12,14-15H,5-8H2,1-2H3,(H,24,26)/t11-,12+,14-,15-/m0/s1. The van der Waals surface area contributed by atoms with Crippen LogP contribution in [0.4, 0.5) is 5.69 Å². The van der Waals surface area contributed by atoms with Gasteiger partial charge in [0.15, 0.2) is 6.61 Å². The molecule has 0 unspecified atom stereocenters. The maximum atomic E-state index is 12.6. The lowest BCUT2D eigenvalue weighted by Gasteiger charge is -2.29. The highest BCUT2D eigenvalue weighted by atomic mass is 79.9. The van der Waals surface area contributed by atoms with Gasteiger partial charge in [0.1, 0.15) is 6.54 Å². The number of alkyl halides is 2. The van der Waals surface area contributed by atoms with Crippen molar-refractivity contribution in [1.29, 1.82) is 0 Å². The van der Waals surface area contributed by atoms with Crippen LogP contribution in [0.1, 0.15) is 24.0 Å². The van der Waals surface area contributed by atoms with Gasteiger partial charge < -0.3 is 10.1 Å². The molecule has 0 spiro atoms. The van der Waals surface area contributed by atoms with Crippen molar-refractivity contribution in [3.63, 3.8) is 0 Å². The summed E-state index contributed by atoms with van der Waals surface area (Å²) in [5.74, 6) is -2.83. The van der Waals surface area contributed by atoms with Crippen LogP contribution in [0.2, 0.25) is 0 Å². The maximum Gasteiger partial charge on any atom is 0.326 e. The zero-order valence-corrected chi connectivity index (χ0v) is 21.2. The first-order valence-electron chi connectivity index (χ1n) is 9.44. The molecule has 1 aromatic carbocycles. The van der Waals surface area contributed by atoms with Gasteiger partial charge in [-0.1, -0.05) is 47.8 Å². The van der Waals surface area contributed by atoms with Crippen molar-refractivity contribution >= 4 is 77.2 Å². The van der Waals surface area contributed by atoms with E-state index < -0.39 is 36.9 Å². The predicted octanol–water partition coefficient (Wildman–Crippen LogP) is 3.47. The number of esters is 1. The number of halogens is 3. The second kappa shape index (κ2) is 9.48. The molecule has 1 saturated carbocycles. The molecular formula is C20H21Br3N2O5. The van der Waals surface area contributed by atoms with Crippen molar-refractivity contribution in [2.24, 2.45) is 11.8 Å². The molecule has 1 N–H and O–H groups in total. The third-order valence-electron chi connectivity index (χ3n) is 5.43. The quantitative estimate of drug-likeness (QED) is 0.314. The van der Waals surface area contributed by atoms with Gasteiger partial charge in [-0.15, -0.1) is 0 Å². The molecular weight excluding hydrogens is 588 g/mol. The van der Waals surface area contributed by atoms with Crippen LogP contribution < -0.4 is 5.32 Å². The summed E-state index contributed by atoms with van der Waals surface area (Å²) in [6.45, 7) is 2.78. The van der Waals surface area contributed by atoms with Crippen molar-refractivity contribution in [2.45, 2.75) is 36.3 Å². The number of anilines is 1. The molecule has 3 amide bonds. The van der Waals surface area contributed by atoms with Crippen molar-refractivity contribution in [3.05, 3.63) is 27.7 Å². The summed E-state index contributed by atoms with van der Waals surface area (Å²) in [6, 6.07) is 3.70. The fourth-order valence-electron chi connectivity index (χ4n) is 3.74. The first-order chi connectivity index (χ1) is 14.1. The second-order valence-corrected chi connectivity index (χ2v) is 10.8. The minimum atomic E-state index is -0.792. The highest BCUT2D eigenvalue weighted by Gasteiger charge is 2.52. The fourth-order valence-corrected chi connectivity index (χ4v) is 5.44. The van der Waals surface area contributed by atoms with Gasteiger partial charge in [0.25, 0.3) is 5.91 Å². The number of aryl methyl sites for hydroxylation is 2. The van der Waals surface area contributed by atoms with E-state index in [4.69, 9.17) is 4.74 Å². The van der Waals surface area contributed by atoms with Gasteiger partial charge >= 0.3 is 5.97 Å². The van der Waals surface area contributed by atoms with E-state index in [1.54, 1.807) is 0 Å². The number of amides is 3. The van der Waals surface area contributed by atoms with Gasteiger partial charge in [-0.3, -0.25) is 24.1 Å². The number of nitrogens with zero attached hydrogens (tertiary/aromatic N) is 1. The lowest BCUT2D eigenvalue weighted by molar-refractivity contribution is -0.154. The number of likely N-dealkylation sites (tertiary alicyclic amines) is 1. The molecule has 1 heterocycles. The number of nitrogens with one attached hydrogen (secondary N) is 1. The number of carbonyl (C=O) groups is 4. The Labute approximate surface area is 199 Å². The summed E-state index contributed by atoms with van der Waals surface area (Å²) in [5, 5.41) is 2.70. The van der Waals surface area contributed by atoms with E-state index in [-0.39, 0.29) is 21.5 Å².